The monoisotopic (exact) mass is 275 g/mol. The van der Waals surface area contributed by atoms with Gasteiger partial charge in [-0.15, -0.1) is 11.3 Å². The van der Waals surface area contributed by atoms with Gasteiger partial charge in [0.1, 0.15) is 4.88 Å². The summed E-state index contributed by atoms with van der Waals surface area (Å²) in [7, 11) is -2.07. The lowest BCUT2D eigenvalue weighted by atomic mass is 10.3. The number of ether oxygens (including phenoxy) is 1. The number of hydrogen-bond donors (Lipinski definition) is 1. The summed E-state index contributed by atoms with van der Waals surface area (Å²) in [6.45, 7) is 1.76. The summed E-state index contributed by atoms with van der Waals surface area (Å²) in [5.41, 5.74) is 1.09. The zero-order chi connectivity index (χ0) is 12.6. The zero-order valence-corrected chi connectivity index (χ0v) is 11.2. The summed E-state index contributed by atoms with van der Waals surface area (Å²) >= 11 is 1.18. The third-order valence-electron chi connectivity index (χ3n) is 2.55. The van der Waals surface area contributed by atoms with Gasteiger partial charge in [-0.3, -0.25) is 4.72 Å². The van der Waals surface area contributed by atoms with Crippen molar-refractivity contribution in [3.8, 4) is 0 Å². The number of hydrogen-bond acceptors (Lipinski definition) is 5. The Morgan fingerprint density at radius 3 is 2.71 bits per heavy atom. The van der Waals surface area contributed by atoms with Crippen LogP contribution >= 0.6 is 11.3 Å². The number of carbonyl (C=O) groups excluding carboxylic acids is 1. The number of carbonyl (C=O) groups is 1. The Morgan fingerprint density at radius 1 is 1.53 bits per heavy atom. The molecule has 0 aromatic carbocycles. The van der Waals surface area contributed by atoms with E-state index in [-0.39, 0.29) is 5.25 Å². The van der Waals surface area contributed by atoms with E-state index in [9.17, 15) is 13.2 Å². The van der Waals surface area contributed by atoms with Gasteiger partial charge in [0.15, 0.2) is 0 Å². The molecular weight excluding hydrogens is 262 g/mol. The number of anilines is 1. The second-order valence-corrected chi connectivity index (χ2v) is 6.80. The Bertz CT molecular complexity index is 543. The van der Waals surface area contributed by atoms with E-state index >= 15 is 0 Å². The fraction of sp³-hybridized carbons (Fsp3) is 0.500. The second kappa shape index (κ2) is 4.30. The molecule has 1 heterocycles. The normalized spacial score (nSPS) is 15.6. The molecule has 0 bridgehead atoms. The van der Waals surface area contributed by atoms with Gasteiger partial charge in [-0.2, -0.15) is 0 Å². The Labute approximate surface area is 104 Å². The molecule has 2 rings (SSSR count). The van der Waals surface area contributed by atoms with Crippen LogP contribution in [0.3, 0.4) is 0 Å². The highest BCUT2D eigenvalue weighted by atomic mass is 32.2. The number of sulfonamides is 1. The first kappa shape index (κ1) is 12.4. The van der Waals surface area contributed by atoms with Crippen LogP contribution in [-0.4, -0.2) is 26.7 Å². The van der Waals surface area contributed by atoms with Gasteiger partial charge >= 0.3 is 5.97 Å². The van der Waals surface area contributed by atoms with E-state index < -0.39 is 16.0 Å². The van der Waals surface area contributed by atoms with E-state index in [0.717, 1.165) is 5.56 Å². The van der Waals surface area contributed by atoms with Crippen molar-refractivity contribution in [1.29, 1.82) is 0 Å². The number of methoxy groups -OCH3 is 1. The summed E-state index contributed by atoms with van der Waals surface area (Å²) in [6.07, 6.45) is 1.37. The minimum Gasteiger partial charge on any atom is -0.465 e. The van der Waals surface area contributed by atoms with Crippen LogP contribution in [0, 0.1) is 6.92 Å². The molecule has 7 heteroatoms. The Balaban J connectivity index is 2.31. The number of thiophene rings is 1. The number of rotatable bonds is 4. The number of aryl methyl sites for hydroxylation is 1. The summed E-state index contributed by atoms with van der Waals surface area (Å²) in [4.78, 5) is 11.8. The van der Waals surface area contributed by atoms with Gasteiger partial charge in [0, 0.05) is 0 Å². The molecule has 0 radical (unpaired) electrons. The van der Waals surface area contributed by atoms with E-state index in [4.69, 9.17) is 0 Å². The largest absolute Gasteiger partial charge is 0.465 e. The molecular formula is C10H13NO4S2. The topological polar surface area (TPSA) is 72.5 Å². The molecule has 1 saturated carbocycles. The number of nitrogens with one attached hydrogen (secondary N) is 1. The van der Waals surface area contributed by atoms with Crippen LogP contribution < -0.4 is 4.72 Å². The first-order chi connectivity index (χ1) is 7.95. The van der Waals surface area contributed by atoms with Crippen molar-refractivity contribution in [3.63, 3.8) is 0 Å². The standard InChI is InChI=1S/C10H13NO4S2/c1-6-5-16-9(10(12)15-2)8(6)11-17(13,14)7-3-4-7/h5,7,11H,3-4H2,1-2H3. The maximum absolute atomic E-state index is 11.8. The SMILES string of the molecule is COC(=O)c1scc(C)c1NS(=O)(=O)C1CC1. The Hall–Kier alpha value is -1.08. The van der Waals surface area contributed by atoms with E-state index in [1.807, 2.05) is 0 Å². The summed E-state index contributed by atoms with van der Waals surface area (Å²) in [6, 6.07) is 0. The van der Waals surface area contributed by atoms with Gasteiger partial charge in [-0.05, 0) is 30.7 Å². The van der Waals surface area contributed by atoms with Crippen LogP contribution in [0.4, 0.5) is 5.69 Å². The van der Waals surface area contributed by atoms with Crippen molar-refractivity contribution in [1.82, 2.24) is 0 Å². The Kier molecular flexibility index (Phi) is 3.13. The molecule has 94 valence electrons. The molecule has 0 saturated heterocycles. The van der Waals surface area contributed by atoms with Crippen molar-refractivity contribution >= 4 is 33.0 Å². The van der Waals surface area contributed by atoms with E-state index in [1.54, 1.807) is 12.3 Å². The van der Waals surface area contributed by atoms with Crippen molar-refractivity contribution < 1.29 is 17.9 Å². The molecule has 0 unspecified atom stereocenters. The molecule has 0 amide bonds. The van der Waals surface area contributed by atoms with Crippen LogP contribution in [-0.2, 0) is 14.8 Å². The molecule has 5 nitrogen and oxygen atoms in total. The first-order valence-corrected chi connectivity index (χ1v) is 7.56. The lowest BCUT2D eigenvalue weighted by Gasteiger charge is -2.08. The van der Waals surface area contributed by atoms with Gasteiger partial charge in [-0.25, -0.2) is 13.2 Å². The van der Waals surface area contributed by atoms with Crippen LogP contribution in [0.1, 0.15) is 28.1 Å². The quantitative estimate of drug-likeness (QED) is 0.850. The van der Waals surface area contributed by atoms with Gasteiger partial charge in [-0.1, -0.05) is 0 Å². The molecule has 0 aliphatic heterocycles. The van der Waals surface area contributed by atoms with Gasteiger partial charge in [0.25, 0.3) is 0 Å². The third kappa shape index (κ3) is 2.44. The average molecular weight is 275 g/mol. The number of esters is 1. The predicted molar refractivity (Wildman–Crippen MR) is 66.0 cm³/mol. The Morgan fingerprint density at radius 2 is 2.18 bits per heavy atom. The van der Waals surface area contributed by atoms with Crippen molar-refractivity contribution in [3.05, 3.63) is 15.8 Å². The van der Waals surface area contributed by atoms with Crippen LogP contribution in [0.25, 0.3) is 0 Å². The highest BCUT2D eigenvalue weighted by Crippen LogP contribution is 2.34. The van der Waals surface area contributed by atoms with E-state index in [2.05, 4.69) is 9.46 Å². The van der Waals surface area contributed by atoms with E-state index in [1.165, 1.54) is 18.4 Å². The summed E-state index contributed by atoms with van der Waals surface area (Å²) < 4.78 is 30.7. The molecule has 1 aliphatic rings. The molecule has 1 N–H and O–H groups in total. The van der Waals surface area contributed by atoms with Crippen molar-refractivity contribution in [2.45, 2.75) is 25.0 Å². The van der Waals surface area contributed by atoms with Gasteiger partial charge in [0.2, 0.25) is 10.0 Å². The minimum atomic E-state index is -3.35. The van der Waals surface area contributed by atoms with Crippen LogP contribution in [0.15, 0.2) is 5.38 Å². The smallest absolute Gasteiger partial charge is 0.350 e. The van der Waals surface area contributed by atoms with Crippen LogP contribution in [0.5, 0.6) is 0 Å². The zero-order valence-electron chi connectivity index (χ0n) is 9.52. The highest BCUT2D eigenvalue weighted by Gasteiger charge is 2.36. The molecule has 1 aliphatic carbocycles. The molecule has 1 aromatic heterocycles. The van der Waals surface area contributed by atoms with Crippen LogP contribution in [0.2, 0.25) is 0 Å². The maximum Gasteiger partial charge on any atom is 0.350 e. The molecule has 0 atom stereocenters. The molecule has 1 aromatic rings. The van der Waals surface area contributed by atoms with Gasteiger partial charge < -0.3 is 4.74 Å². The molecule has 0 spiro atoms. The first-order valence-electron chi connectivity index (χ1n) is 5.13. The fourth-order valence-corrected chi connectivity index (χ4v) is 3.88. The third-order valence-corrected chi connectivity index (χ3v) is 5.47. The fourth-order valence-electron chi connectivity index (χ4n) is 1.42. The predicted octanol–water partition coefficient (Wildman–Crippen LogP) is 1.75. The van der Waals surface area contributed by atoms with Gasteiger partial charge in [0.05, 0.1) is 18.0 Å². The van der Waals surface area contributed by atoms with Crippen molar-refractivity contribution in [2.24, 2.45) is 0 Å². The lowest BCUT2D eigenvalue weighted by Crippen LogP contribution is -2.19. The maximum atomic E-state index is 11.8. The average Bonchev–Trinajstić information content (AvgIpc) is 3.06. The summed E-state index contributed by atoms with van der Waals surface area (Å²) in [5.74, 6) is -0.517. The van der Waals surface area contributed by atoms with E-state index in [0.29, 0.717) is 23.4 Å². The lowest BCUT2D eigenvalue weighted by molar-refractivity contribution is 0.0607. The highest BCUT2D eigenvalue weighted by molar-refractivity contribution is 7.93. The second-order valence-electron chi connectivity index (χ2n) is 3.96. The summed E-state index contributed by atoms with van der Waals surface area (Å²) in [5, 5.41) is 1.42. The minimum absolute atomic E-state index is 0.300. The van der Waals surface area contributed by atoms with Crippen molar-refractivity contribution in [2.75, 3.05) is 11.8 Å². The molecule has 17 heavy (non-hydrogen) atoms. The molecule has 1 fully saturated rings.